The van der Waals surface area contributed by atoms with Gasteiger partial charge in [-0.25, -0.2) is 8.42 Å². The Labute approximate surface area is 246 Å². The number of aliphatic hydroxyl groups excluding tert-OH is 1. The maximum Gasteiger partial charge on any atom is 0.229 e. The quantitative estimate of drug-likeness (QED) is 0.168. The molecule has 2 unspecified atom stereocenters. The first-order valence-corrected chi connectivity index (χ1v) is 15.5. The number of hydrogen-bond acceptors (Lipinski definition) is 6. The standard InChI is InChI=1S/C33H35N3O5S/c1-23(34-20-19-24-13-16-28(17-14-24)35-31(37)21-25-9-5-3-6-10-25)32(38)27-15-18-29(30(22-27)36-42(2,40)41)33(39)26-11-7-4-8-12-26/h3-18,22-23,32,34,36,38H,19-21H2,1-2H3,(H,35,37). The molecule has 0 saturated carbocycles. The van der Waals surface area contributed by atoms with Gasteiger partial charge in [0.2, 0.25) is 15.9 Å². The highest BCUT2D eigenvalue weighted by atomic mass is 32.2. The van der Waals surface area contributed by atoms with Crippen molar-refractivity contribution in [3.05, 3.63) is 131 Å². The average molecular weight is 586 g/mol. The minimum absolute atomic E-state index is 0.0780. The summed E-state index contributed by atoms with van der Waals surface area (Å²) in [6.45, 7) is 2.42. The molecule has 4 rings (SSSR count). The van der Waals surface area contributed by atoms with Crippen LogP contribution in [0.1, 0.15) is 45.6 Å². The van der Waals surface area contributed by atoms with Crippen LogP contribution < -0.4 is 15.4 Å². The van der Waals surface area contributed by atoms with Crippen LogP contribution in [-0.4, -0.2) is 44.1 Å². The van der Waals surface area contributed by atoms with E-state index in [-0.39, 0.29) is 29.0 Å². The third-order valence-electron chi connectivity index (χ3n) is 6.76. The number of sulfonamides is 1. The minimum Gasteiger partial charge on any atom is -0.387 e. The van der Waals surface area contributed by atoms with Gasteiger partial charge in [0.25, 0.3) is 0 Å². The van der Waals surface area contributed by atoms with Crippen molar-refractivity contribution < 1.29 is 23.1 Å². The zero-order valence-electron chi connectivity index (χ0n) is 23.6. The average Bonchev–Trinajstić information content (AvgIpc) is 2.97. The molecule has 8 nitrogen and oxygen atoms in total. The van der Waals surface area contributed by atoms with Crippen LogP contribution >= 0.6 is 0 Å². The van der Waals surface area contributed by atoms with E-state index in [9.17, 15) is 23.1 Å². The van der Waals surface area contributed by atoms with Crippen molar-refractivity contribution >= 4 is 33.1 Å². The number of ketones is 1. The zero-order valence-corrected chi connectivity index (χ0v) is 24.4. The van der Waals surface area contributed by atoms with Crippen molar-refractivity contribution in [1.29, 1.82) is 0 Å². The second-order valence-electron chi connectivity index (χ2n) is 10.2. The van der Waals surface area contributed by atoms with Crippen molar-refractivity contribution in [3.8, 4) is 0 Å². The highest BCUT2D eigenvalue weighted by Gasteiger charge is 2.21. The Balaban J connectivity index is 1.34. The van der Waals surface area contributed by atoms with E-state index >= 15 is 0 Å². The van der Waals surface area contributed by atoms with E-state index in [0.717, 1.165) is 23.1 Å². The van der Waals surface area contributed by atoms with Crippen molar-refractivity contribution in [2.24, 2.45) is 0 Å². The van der Waals surface area contributed by atoms with Gasteiger partial charge in [-0.3, -0.25) is 14.3 Å². The molecule has 0 aliphatic heterocycles. The number of aliphatic hydroxyl groups is 1. The molecule has 1 amide bonds. The van der Waals surface area contributed by atoms with E-state index in [2.05, 4.69) is 15.4 Å². The molecular formula is C33H35N3O5S. The molecule has 0 heterocycles. The van der Waals surface area contributed by atoms with Crippen LogP contribution in [0.3, 0.4) is 0 Å². The van der Waals surface area contributed by atoms with Crippen molar-refractivity contribution in [3.63, 3.8) is 0 Å². The van der Waals surface area contributed by atoms with Crippen LogP contribution in [0.2, 0.25) is 0 Å². The number of rotatable bonds is 13. The molecule has 4 N–H and O–H groups in total. The predicted octanol–water partition coefficient (Wildman–Crippen LogP) is 4.72. The van der Waals surface area contributed by atoms with Crippen LogP contribution in [0.15, 0.2) is 103 Å². The van der Waals surface area contributed by atoms with E-state index in [1.165, 1.54) is 12.1 Å². The Morgan fingerprint density at radius 2 is 1.48 bits per heavy atom. The molecule has 218 valence electrons. The number of hydrogen-bond donors (Lipinski definition) is 4. The molecule has 4 aromatic carbocycles. The van der Waals surface area contributed by atoms with E-state index in [1.807, 2.05) is 61.5 Å². The van der Waals surface area contributed by atoms with Gasteiger partial charge in [-0.1, -0.05) is 78.9 Å². The second kappa shape index (κ2) is 14.0. The zero-order chi connectivity index (χ0) is 30.1. The number of benzene rings is 4. The maximum absolute atomic E-state index is 13.1. The number of carbonyl (C=O) groups excluding carboxylic acids is 2. The summed E-state index contributed by atoms with van der Waals surface area (Å²) in [6, 6.07) is 30.1. The lowest BCUT2D eigenvalue weighted by atomic mass is 9.96. The molecule has 0 saturated heterocycles. The first-order chi connectivity index (χ1) is 20.1. The summed E-state index contributed by atoms with van der Waals surface area (Å²) < 4.78 is 26.5. The van der Waals surface area contributed by atoms with Crippen molar-refractivity contribution in [1.82, 2.24) is 5.32 Å². The Morgan fingerprint density at radius 1 is 0.833 bits per heavy atom. The summed E-state index contributed by atoms with van der Waals surface area (Å²) in [5, 5.41) is 17.2. The Morgan fingerprint density at radius 3 is 2.12 bits per heavy atom. The molecule has 0 aliphatic carbocycles. The molecule has 0 aromatic heterocycles. The van der Waals surface area contributed by atoms with Gasteiger partial charge >= 0.3 is 0 Å². The van der Waals surface area contributed by atoms with Crippen LogP contribution in [0.4, 0.5) is 11.4 Å². The Kier molecular flexibility index (Phi) is 10.2. The molecule has 2 atom stereocenters. The van der Waals surface area contributed by atoms with Crippen LogP contribution in [0.5, 0.6) is 0 Å². The molecule has 0 fully saturated rings. The summed E-state index contributed by atoms with van der Waals surface area (Å²) in [5.41, 5.74) is 3.96. The van der Waals surface area contributed by atoms with Crippen LogP contribution in [0, 0.1) is 0 Å². The predicted molar refractivity (Wildman–Crippen MR) is 166 cm³/mol. The van der Waals surface area contributed by atoms with Crippen molar-refractivity contribution in [2.45, 2.75) is 31.9 Å². The highest BCUT2D eigenvalue weighted by molar-refractivity contribution is 7.92. The molecule has 42 heavy (non-hydrogen) atoms. The van der Waals surface area contributed by atoms with Gasteiger partial charge < -0.3 is 15.7 Å². The SMILES string of the molecule is CC(NCCc1ccc(NC(=O)Cc2ccccc2)cc1)C(O)c1ccc(C(=O)c2ccccc2)c(NS(C)(=O)=O)c1. The van der Waals surface area contributed by atoms with Crippen LogP contribution in [0.25, 0.3) is 0 Å². The first kappa shape index (κ1) is 30.6. The first-order valence-electron chi connectivity index (χ1n) is 13.6. The van der Waals surface area contributed by atoms with Gasteiger partial charge in [-0.05, 0) is 60.8 Å². The molecular weight excluding hydrogens is 550 g/mol. The number of carbonyl (C=O) groups is 2. The van der Waals surface area contributed by atoms with E-state index in [4.69, 9.17) is 0 Å². The monoisotopic (exact) mass is 585 g/mol. The van der Waals surface area contributed by atoms with Gasteiger partial charge in [0.05, 0.1) is 24.5 Å². The lowest BCUT2D eigenvalue weighted by Gasteiger charge is -2.22. The third-order valence-corrected chi connectivity index (χ3v) is 7.35. The summed E-state index contributed by atoms with van der Waals surface area (Å²) in [4.78, 5) is 25.4. The number of amides is 1. The lowest BCUT2D eigenvalue weighted by molar-refractivity contribution is -0.115. The van der Waals surface area contributed by atoms with Gasteiger partial charge in [-0.15, -0.1) is 0 Å². The van der Waals surface area contributed by atoms with Gasteiger partial charge in [0.15, 0.2) is 5.78 Å². The van der Waals surface area contributed by atoms with Crippen LogP contribution in [-0.2, 0) is 27.7 Å². The summed E-state index contributed by atoms with van der Waals surface area (Å²) in [5.74, 6) is -0.401. The fourth-order valence-corrected chi connectivity index (χ4v) is 5.13. The van der Waals surface area contributed by atoms with Gasteiger partial charge in [0, 0.05) is 22.9 Å². The minimum atomic E-state index is -3.67. The van der Waals surface area contributed by atoms with E-state index < -0.39 is 16.1 Å². The lowest BCUT2D eigenvalue weighted by Crippen LogP contribution is -2.33. The van der Waals surface area contributed by atoms with E-state index in [0.29, 0.717) is 30.5 Å². The largest absolute Gasteiger partial charge is 0.387 e. The molecule has 0 spiro atoms. The third kappa shape index (κ3) is 8.84. The van der Waals surface area contributed by atoms with E-state index in [1.54, 1.807) is 36.4 Å². The normalized spacial score (nSPS) is 12.7. The molecule has 4 aromatic rings. The fourth-order valence-electron chi connectivity index (χ4n) is 4.56. The second-order valence-corrected chi connectivity index (χ2v) is 12.0. The molecule has 0 bridgehead atoms. The summed E-state index contributed by atoms with van der Waals surface area (Å²) in [6.07, 6.45) is 1.07. The molecule has 0 radical (unpaired) electrons. The topological polar surface area (TPSA) is 125 Å². The smallest absolute Gasteiger partial charge is 0.229 e. The Hall–Kier alpha value is -4.31. The summed E-state index contributed by atoms with van der Waals surface area (Å²) >= 11 is 0. The Bertz CT molecular complexity index is 1610. The fraction of sp³-hybridized carbons (Fsp3) is 0.212. The summed E-state index contributed by atoms with van der Waals surface area (Å²) in [7, 11) is -3.67. The van der Waals surface area contributed by atoms with Gasteiger partial charge in [0.1, 0.15) is 0 Å². The molecule has 9 heteroatoms. The molecule has 0 aliphatic rings. The van der Waals surface area contributed by atoms with Gasteiger partial charge in [-0.2, -0.15) is 0 Å². The number of nitrogens with one attached hydrogen (secondary N) is 3. The maximum atomic E-state index is 13.1. The van der Waals surface area contributed by atoms with Crippen molar-refractivity contribution in [2.75, 3.05) is 22.8 Å². The highest BCUT2D eigenvalue weighted by Crippen LogP contribution is 2.27. The number of anilines is 2.